The van der Waals surface area contributed by atoms with E-state index in [1.807, 2.05) is 18.3 Å². The molecule has 248 valence electrons. The van der Waals surface area contributed by atoms with Gasteiger partial charge >= 0.3 is 0 Å². The van der Waals surface area contributed by atoms with Gasteiger partial charge in [-0.05, 0) is 103 Å². The molecule has 0 saturated heterocycles. The predicted molar refractivity (Wildman–Crippen MR) is 203 cm³/mol. The van der Waals surface area contributed by atoms with Crippen molar-refractivity contribution < 1.29 is 14.0 Å². The lowest BCUT2D eigenvalue weighted by Crippen LogP contribution is -2.26. The minimum Gasteiger partial charge on any atom is -0.497 e. The van der Waals surface area contributed by atoms with Crippen molar-refractivity contribution in [2.75, 3.05) is 38.1 Å². The van der Waals surface area contributed by atoms with Gasteiger partial charge in [0.2, 0.25) is 0 Å². The van der Waals surface area contributed by atoms with Gasteiger partial charge in [0, 0.05) is 63.2 Å². The van der Waals surface area contributed by atoms with Gasteiger partial charge in [-0.2, -0.15) is 0 Å². The molecule has 0 radical (unpaired) electrons. The van der Waals surface area contributed by atoms with E-state index in [1.165, 1.54) is 65.4 Å². The van der Waals surface area contributed by atoms with Crippen LogP contribution < -0.4 is 24.8 Å². The van der Waals surface area contributed by atoms with Crippen LogP contribution in [0.4, 0.5) is 5.82 Å². The Morgan fingerprint density at radius 2 is 1.51 bits per heavy atom. The number of fused-ring (bicyclic) bond motifs is 8. The van der Waals surface area contributed by atoms with Crippen molar-refractivity contribution in [1.82, 2.24) is 14.6 Å². The average Bonchev–Trinajstić information content (AvgIpc) is 3.64. The lowest BCUT2D eigenvalue weighted by atomic mass is 10.0. The van der Waals surface area contributed by atoms with Crippen LogP contribution in [-0.4, -0.2) is 42.0 Å². The highest BCUT2D eigenvalue weighted by Crippen LogP contribution is 2.38. The molecule has 8 heteroatoms. The number of nitrogens with zero attached hydrogens (tertiary/aromatic N) is 3. The number of pyridine rings is 2. The van der Waals surface area contributed by atoms with Gasteiger partial charge in [0.05, 0.1) is 30.8 Å². The summed E-state index contributed by atoms with van der Waals surface area (Å²) in [6, 6.07) is 21.5. The van der Waals surface area contributed by atoms with E-state index in [9.17, 15) is 0 Å². The Morgan fingerprint density at radius 1 is 0.735 bits per heavy atom. The number of ether oxygens (including phenoxy) is 2. The van der Waals surface area contributed by atoms with Crippen LogP contribution in [0.2, 0.25) is 0 Å². The zero-order chi connectivity index (χ0) is 33.6. The number of benzene rings is 4. The van der Waals surface area contributed by atoms with E-state index < -0.39 is 0 Å². The molecule has 49 heavy (non-hydrogen) atoms. The molecule has 4 aromatic carbocycles. The van der Waals surface area contributed by atoms with E-state index in [-0.39, 0.29) is 0 Å². The van der Waals surface area contributed by atoms with E-state index in [0.717, 1.165) is 67.0 Å². The van der Waals surface area contributed by atoms with Gasteiger partial charge in [-0.3, -0.25) is 4.68 Å². The number of nitrogens with one attached hydrogen (secondary N) is 3. The molecule has 0 unspecified atom stereocenters. The molecule has 0 aliphatic carbocycles. The second-order valence-corrected chi connectivity index (χ2v) is 13.2. The molecule has 0 fully saturated rings. The molecule has 0 saturated carbocycles. The van der Waals surface area contributed by atoms with Crippen LogP contribution in [0.15, 0.2) is 79.3 Å². The molecule has 4 aromatic heterocycles. The molecule has 8 nitrogen and oxygen atoms in total. The smallest absolute Gasteiger partial charge is 0.176 e. The summed E-state index contributed by atoms with van der Waals surface area (Å²) in [6.45, 7) is 6.21. The number of aryl methyl sites for hydroxylation is 3. The number of aromatic amines is 1. The summed E-state index contributed by atoms with van der Waals surface area (Å²) < 4.78 is 15.5. The van der Waals surface area contributed by atoms with Crippen LogP contribution in [0, 0.1) is 13.8 Å². The van der Waals surface area contributed by atoms with Gasteiger partial charge in [0.1, 0.15) is 24.4 Å². The molecule has 4 heterocycles. The predicted octanol–water partition coefficient (Wildman–Crippen LogP) is 8.80. The van der Waals surface area contributed by atoms with Crippen LogP contribution in [0.1, 0.15) is 36.8 Å². The van der Waals surface area contributed by atoms with Crippen molar-refractivity contribution in [1.29, 1.82) is 0 Å². The standard InChI is InChI=1S/C41H43N6O2/c1-25-31-14-18-43-41(36(31)23-34-32-21-28(48-4)10-12-37(32)45-39(25)34)42-16-8-6-7-9-17-44-47-38-13-11-29(49-5)22-33(38)35-20-27-24-46(3)19-15-30(27)26(2)40(35)47/h10-15,18-24,44-45H,6-9,16-17H2,1-5H3,(H,42,43)/q+1. The fourth-order valence-electron chi connectivity index (χ4n) is 7.59. The second-order valence-electron chi connectivity index (χ2n) is 13.2. The zero-order valence-electron chi connectivity index (χ0n) is 28.9. The molecule has 8 aromatic rings. The molecular weight excluding hydrogens is 608 g/mol. The van der Waals surface area contributed by atoms with Gasteiger partial charge in [-0.1, -0.05) is 12.8 Å². The third-order valence-electron chi connectivity index (χ3n) is 10.2. The highest BCUT2D eigenvalue weighted by molar-refractivity contribution is 6.16. The molecule has 3 N–H and O–H groups in total. The fourth-order valence-corrected chi connectivity index (χ4v) is 7.59. The highest BCUT2D eigenvalue weighted by atomic mass is 16.5. The maximum atomic E-state index is 5.61. The van der Waals surface area contributed by atoms with E-state index in [1.54, 1.807) is 14.2 Å². The summed E-state index contributed by atoms with van der Waals surface area (Å²) in [7, 11) is 5.52. The van der Waals surface area contributed by atoms with Crippen LogP contribution in [0.5, 0.6) is 11.5 Å². The van der Waals surface area contributed by atoms with Crippen molar-refractivity contribution in [3.8, 4) is 11.5 Å². The van der Waals surface area contributed by atoms with Crippen molar-refractivity contribution in [3.05, 3.63) is 90.4 Å². The van der Waals surface area contributed by atoms with Gasteiger partial charge in [0.15, 0.2) is 12.4 Å². The fraction of sp³-hybridized carbons (Fsp3) is 0.268. The molecule has 0 atom stereocenters. The Bertz CT molecular complexity index is 2530. The summed E-state index contributed by atoms with van der Waals surface area (Å²) >= 11 is 0. The van der Waals surface area contributed by atoms with Gasteiger partial charge < -0.3 is 25.2 Å². The maximum absolute atomic E-state index is 5.61. The molecule has 0 aliphatic heterocycles. The van der Waals surface area contributed by atoms with Crippen molar-refractivity contribution in [3.63, 3.8) is 0 Å². The van der Waals surface area contributed by atoms with Crippen molar-refractivity contribution in [2.45, 2.75) is 39.5 Å². The van der Waals surface area contributed by atoms with Crippen LogP contribution in [-0.2, 0) is 7.05 Å². The third-order valence-corrected chi connectivity index (χ3v) is 10.2. The normalized spacial score (nSPS) is 11.9. The van der Waals surface area contributed by atoms with Gasteiger partial charge in [0.25, 0.3) is 0 Å². The first-order valence-electron chi connectivity index (χ1n) is 17.2. The van der Waals surface area contributed by atoms with Gasteiger partial charge in [-0.25, -0.2) is 9.55 Å². The monoisotopic (exact) mass is 651 g/mol. The molecular formula is C41H43N6O2+. The Kier molecular flexibility index (Phi) is 7.86. The minimum absolute atomic E-state index is 0.861. The summed E-state index contributed by atoms with van der Waals surface area (Å²) in [4.78, 5) is 8.37. The van der Waals surface area contributed by atoms with Crippen LogP contribution in [0.25, 0.3) is 65.2 Å². The third kappa shape index (κ3) is 5.32. The van der Waals surface area contributed by atoms with E-state index in [2.05, 4.69) is 107 Å². The summed E-state index contributed by atoms with van der Waals surface area (Å²) in [5, 5.41) is 13.3. The van der Waals surface area contributed by atoms with Crippen molar-refractivity contribution >= 4 is 71.0 Å². The first-order valence-corrected chi connectivity index (χ1v) is 17.2. The van der Waals surface area contributed by atoms with Crippen LogP contribution in [0.3, 0.4) is 0 Å². The number of H-pyrrole nitrogens is 1. The summed E-state index contributed by atoms with van der Waals surface area (Å²) in [6.07, 6.45) is 10.7. The largest absolute Gasteiger partial charge is 0.497 e. The molecule has 0 aliphatic rings. The lowest BCUT2D eigenvalue weighted by Gasteiger charge is -2.14. The van der Waals surface area contributed by atoms with E-state index in [4.69, 9.17) is 14.5 Å². The van der Waals surface area contributed by atoms with E-state index >= 15 is 0 Å². The number of unbranched alkanes of at least 4 members (excludes halogenated alkanes) is 3. The number of hydrogen-bond donors (Lipinski definition) is 3. The Hall–Kier alpha value is -5.50. The molecule has 0 bridgehead atoms. The Balaban J connectivity index is 0.940. The molecule has 8 rings (SSSR count). The van der Waals surface area contributed by atoms with Crippen LogP contribution >= 0.6 is 0 Å². The Morgan fingerprint density at radius 3 is 2.33 bits per heavy atom. The SMILES string of the molecule is COc1ccc2[nH]c3c(C)c4ccnc(NCCCCCCNn5c6ccc(OC)cc6c6cc7c[n+](C)ccc7c(C)c65)c4cc3c2c1. The number of aromatic nitrogens is 4. The zero-order valence-corrected chi connectivity index (χ0v) is 28.9. The first kappa shape index (κ1) is 30.8. The summed E-state index contributed by atoms with van der Waals surface area (Å²) in [5.74, 6) is 2.68. The number of methoxy groups -OCH3 is 2. The highest BCUT2D eigenvalue weighted by Gasteiger charge is 2.17. The number of rotatable bonds is 11. The lowest BCUT2D eigenvalue weighted by molar-refractivity contribution is -0.670. The number of anilines is 1. The number of hydrogen-bond acceptors (Lipinski definition) is 5. The topological polar surface area (TPSA) is 80.0 Å². The average molecular weight is 652 g/mol. The minimum atomic E-state index is 0.861. The summed E-state index contributed by atoms with van der Waals surface area (Å²) in [5.41, 5.74) is 11.0. The quantitative estimate of drug-likeness (QED) is 0.0962. The molecule has 0 spiro atoms. The van der Waals surface area contributed by atoms with Gasteiger partial charge in [-0.15, -0.1) is 0 Å². The van der Waals surface area contributed by atoms with E-state index in [0.29, 0.717) is 0 Å². The second kappa shape index (κ2) is 12.5. The maximum Gasteiger partial charge on any atom is 0.176 e. The Labute approximate surface area is 285 Å². The van der Waals surface area contributed by atoms with Crippen molar-refractivity contribution in [2.24, 2.45) is 7.05 Å². The first-order chi connectivity index (χ1) is 23.9. The molecule has 0 amide bonds.